The summed E-state index contributed by atoms with van der Waals surface area (Å²) < 4.78 is 0. The van der Waals surface area contributed by atoms with Gasteiger partial charge in [-0.15, -0.1) is 0 Å². The molecule has 7 rings (SSSR count). The van der Waals surface area contributed by atoms with Gasteiger partial charge in [0.15, 0.2) is 0 Å². The van der Waals surface area contributed by atoms with Gasteiger partial charge in [-0.2, -0.15) is 0 Å². The molecule has 1 saturated heterocycles. The molecule has 6 aromatic rings. The third kappa shape index (κ3) is 18.2. The van der Waals surface area contributed by atoms with Gasteiger partial charge in [0, 0.05) is 70.6 Å². The summed E-state index contributed by atoms with van der Waals surface area (Å²) in [5.41, 5.74) is 22.2. The van der Waals surface area contributed by atoms with Crippen LogP contribution in [0.3, 0.4) is 0 Å². The zero-order valence-electron chi connectivity index (χ0n) is 49.5. The number of H-pyrrole nitrogens is 3. The van der Waals surface area contributed by atoms with E-state index < -0.39 is 95.6 Å². The van der Waals surface area contributed by atoms with E-state index in [-0.39, 0.29) is 63.2 Å². The van der Waals surface area contributed by atoms with Gasteiger partial charge in [-0.05, 0) is 137 Å². The van der Waals surface area contributed by atoms with Crippen LogP contribution in [0.25, 0.3) is 32.7 Å². The molecule has 1 fully saturated rings. The average Bonchev–Trinajstić information content (AvgIpc) is 3.36. The van der Waals surface area contributed by atoms with E-state index in [1.807, 2.05) is 100 Å². The van der Waals surface area contributed by atoms with Crippen molar-refractivity contribution in [2.45, 2.75) is 166 Å². The van der Waals surface area contributed by atoms with Crippen LogP contribution in [0, 0.1) is 11.8 Å². The molecule has 85 heavy (non-hydrogen) atoms. The van der Waals surface area contributed by atoms with E-state index >= 15 is 19.2 Å². The van der Waals surface area contributed by atoms with Gasteiger partial charge < -0.3 is 74.7 Å². The van der Waals surface area contributed by atoms with E-state index in [0.29, 0.717) is 74.8 Å². The Balaban J connectivity index is 1.33. The van der Waals surface area contributed by atoms with Crippen molar-refractivity contribution in [2.24, 2.45) is 29.0 Å². The van der Waals surface area contributed by atoms with Crippen LogP contribution in [0.1, 0.15) is 115 Å². The predicted molar refractivity (Wildman–Crippen MR) is 329 cm³/mol. The van der Waals surface area contributed by atoms with Gasteiger partial charge in [0.2, 0.25) is 47.3 Å². The SMILES string of the molecule is CC(C)C[C@H]1NC(=O)[C@H](Cc2c[nH]c3ccccc23)NC(=O)[C@@H](CCCCN)NC(=O)[C@H](CCCCN)NC(=O)[C@@H](CCCCN)NC(=O)[C@H](Cc2c[nH]c3ccccc23)NC(=O)[C@@H](CC(C)C)NC(=O)[C@H](Cc2c[nH]c3ccccc23)NC1=O. The maximum atomic E-state index is 15.1. The summed E-state index contributed by atoms with van der Waals surface area (Å²) >= 11 is 0. The molecule has 0 saturated carbocycles. The molecule has 0 spiro atoms. The van der Waals surface area contributed by atoms with E-state index in [0.717, 1.165) is 32.7 Å². The van der Waals surface area contributed by atoms with Gasteiger partial charge in [0.1, 0.15) is 48.3 Å². The second-order valence-electron chi connectivity index (χ2n) is 23.3. The number of aromatic nitrogens is 3. The summed E-state index contributed by atoms with van der Waals surface area (Å²) in [6.45, 7) is 8.45. The zero-order valence-corrected chi connectivity index (χ0v) is 49.5. The van der Waals surface area contributed by atoms with Gasteiger partial charge in [0.05, 0.1) is 0 Å². The Bertz CT molecular complexity index is 3130. The summed E-state index contributed by atoms with van der Waals surface area (Å²) in [6.07, 6.45) is 8.46. The third-order valence-electron chi connectivity index (χ3n) is 15.6. The number of nitrogens with two attached hydrogens (primary N) is 3. The normalized spacial score (nSPS) is 22.1. The van der Waals surface area contributed by atoms with Crippen LogP contribution in [0.2, 0.25) is 0 Å². The minimum absolute atomic E-state index is 0.0381. The van der Waals surface area contributed by atoms with Crippen LogP contribution in [-0.2, 0) is 57.6 Å². The van der Waals surface area contributed by atoms with E-state index in [1.54, 1.807) is 18.6 Å². The van der Waals surface area contributed by atoms with Crippen LogP contribution >= 0.6 is 0 Å². The maximum absolute atomic E-state index is 15.1. The first kappa shape index (κ1) is 64.5. The molecule has 4 heterocycles. The average molecular weight is 1170 g/mol. The Morgan fingerprint density at radius 3 is 0.835 bits per heavy atom. The van der Waals surface area contributed by atoms with Crippen molar-refractivity contribution in [2.75, 3.05) is 19.6 Å². The van der Waals surface area contributed by atoms with E-state index in [9.17, 15) is 19.2 Å². The van der Waals surface area contributed by atoms with Crippen LogP contribution < -0.4 is 59.7 Å². The quantitative estimate of drug-likeness (QED) is 0.0436. The predicted octanol–water partition coefficient (Wildman–Crippen LogP) is 3.53. The van der Waals surface area contributed by atoms with Crippen LogP contribution in [0.4, 0.5) is 0 Å². The van der Waals surface area contributed by atoms with Crippen molar-refractivity contribution in [1.29, 1.82) is 0 Å². The molecule has 1 aliphatic rings. The lowest BCUT2D eigenvalue weighted by atomic mass is 9.98. The molecule has 3 aromatic carbocycles. The summed E-state index contributed by atoms with van der Waals surface area (Å²) in [7, 11) is 0. The Hall–Kier alpha value is -8.08. The number of para-hydroxylation sites is 3. The summed E-state index contributed by atoms with van der Waals surface area (Å²) in [6, 6.07) is 12.4. The second kappa shape index (κ2) is 31.7. The summed E-state index contributed by atoms with van der Waals surface area (Å²) in [5.74, 6) is -5.89. The molecular formula is C63H88N14O8. The van der Waals surface area contributed by atoms with Gasteiger partial charge in [-0.1, -0.05) is 82.3 Å². The number of unbranched alkanes of at least 4 members (excludes halogenated alkanes) is 3. The summed E-state index contributed by atoms with van der Waals surface area (Å²) in [5, 5.41) is 25.8. The molecule has 17 N–H and O–H groups in total. The Morgan fingerprint density at radius 2 is 0.565 bits per heavy atom. The Kier molecular flexibility index (Phi) is 24.1. The van der Waals surface area contributed by atoms with E-state index in [4.69, 9.17) is 17.2 Å². The van der Waals surface area contributed by atoms with Crippen molar-refractivity contribution < 1.29 is 38.4 Å². The number of amides is 8. The first-order chi connectivity index (χ1) is 41.0. The molecule has 0 aliphatic carbocycles. The molecule has 8 atom stereocenters. The van der Waals surface area contributed by atoms with Crippen molar-refractivity contribution in [1.82, 2.24) is 57.5 Å². The molecule has 8 amide bonds. The lowest BCUT2D eigenvalue weighted by Gasteiger charge is -2.30. The van der Waals surface area contributed by atoms with Crippen molar-refractivity contribution in [3.8, 4) is 0 Å². The highest BCUT2D eigenvalue weighted by atomic mass is 16.2. The molecule has 458 valence electrons. The van der Waals surface area contributed by atoms with Crippen molar-refractivity contribution >= 4 is 80.0 Å². The van der Waals surface area contributed by atoms with Crippen molar-refractivity contribution in [3.05, 3.63) is 108 Å². The van der Waals surface area contributed by atoms with E-state index in [1.165, 1.54) is 0 Å². The maximum Gasteiger partial charge on any atom is 0.243 e. The number of fused-ring (bicyclic) bond motifs is 3. The van der Waals surface area contributed by atoms with Crippen LogP contribution in [-0.4, -0.2) is 130 Å². The second-order valence-corrected chi connectivity index (χ2v) is 23.3. The molecule has 22 nitrogen and oxygen atoms in total. The number of carbonyl (C=O) groups is 8. The van der Waals surface area contributed by atoms with Crippen molar-refractivity contribution in [3.63, 3.8) is 0 Å². The van der Waals surface area contributed by atoms with Gasteiger partial charge in [-0.3, -0.25) is 38.4 Å². The first-order valence-electron chi connectivity index (χ1n) is 30.1. The largest absolute Gasteiger partial charge is 0.361 e. The molecule has 1 aliphatic heterocycles. The highest BCUT2D eigenvalue weighted by Crippen LogP contribution is 2.24. The standard InChI is InChI=1S/C63H88N14O8/c1-37(2)29-51-59(81)76-53(31-39-34-67-45-20-8-5-17-42(39)45)61(83)72-49(24-12-15-27-65)57(79)70-48(23-11-14-26-64)56(78)71-50(25-13-16-28-66)58(80)75-54(32-40-35-68-46-21-9-6-18-43(40)46)62(84)73-52(30-38(3)4)60(82)77-55(63(85)74-51)33-41-36-69-47-22-10-7-19-44(41)47/h5-10,17-22,34-38,48-55,67-69H,11-16,23-33,64-66H2,1-4H3,(H,70,79)(H,71,78)(H,72,83)(H,73,84)(H,74,85)(H,75,80)(H,76,81)(H,77,82)/t48-,49+,50+,51+,52+,53-,54-,55-/m0/s1. The monoisotopic (exact) mass is 1170 g/mol. The Labute approximate surface area is 496 Å². The molecule has 3 aromatic heterocycles. The smallest absolute Gasteiger partial charge is 0.243 e. The van der Waals surface area contributed by atoms with Crippen LogP contribution in [0.15, 0.2) is 91.4 Å². The lowest BCUT2D eigenvalue weighted by molar-refractivity contribution is -0.137. The zero-order chi connectivity index (χ0) is 61.0. The molecule has 0 unspecified atom stereocenters. The lowest BCUT2D eigenvalue weighted by Crippen LogP contribution is -2.62. The first-order valence-corrected chi connectivity index (χ1v) is 30.1. The van der Waals surface area contributed by atoms with Gasteiger partial charge in [0.25, 0.3) is 0 Å². The third-order valence-corrected chi connectivity index (χ3v) is 15.6. The number of carbonyl (C=O) groups excluding carboxylic acids is 8. The fraction of sp³-hybridized carbons (Fsp3) is 0.492. The minimum Gasteiger partial charge on any atom is -0.361 e. The number of aromatic amines is 3. The highest BCUT2D eigenvalue weighted by Gasteiger charge is 2.37. The number of rotatable bonds is 22. The molecule has 0 bridgehead atoms. The van der Waals surface area contributed by atoms with E-state index in [2.05, 4.69) is 57.5 Å². The Morgan fingerprint density at radius 1 is 0.329 bits per heavy atom. The van der Waals surface area contributed by atoms with Gasteiger partial charge >= 0.3 is 0 Å². The summed E-state index contributed by atoms with van der Waals surface area (Å²) in [4.78, 5) is 129. The highest BCUT2D eigenvalue weighted by molar-refractivity contribution is 6.00. The topological polar surface area (TPSA) is 358 Å². The molecule has 0 radical (unpaired) electrons. The fourth-order valence-corrected chi connectivity index (χ4v) is 11.1. The number of hydrogen-bond donors (Lipinski definition) is 14. The number of hydrogen-bond acceptors (Lipinski definition) is 11. The fourth-order valence-electron chi connectivity index (χ4n) is 11.1. The minimum atomic E-state index is -1.32. The number of benzene rings is 3. The molecular weight excluding hydrogens is 1080 g/mol. The molecule has 22 heteroatoms. The number of nitrogens with one attached hydrogen (secondary N) is 11. The van der Waals surface area contributed by atoms with Crippen LogP contribution in [0.5, 0.6) is 0 Å². The van der Waals surface area contributed by atoms with Gasteiger partial charge in [-0.25, -0.2) is 0 Å².